The van der Waals surface area contributed by atoms with Crippen LogP contribution in [0.2, 0.25) is 0 Å². The maximum absolute atomic E-state index is 12.6. The molecule has 1 fully saturated rings. The molecule has 4 rings (SSSR count). The summed E-state index contributed by atoms with van der Waals surface area (Å²) in [7, 11) is 0. The first kappa shape index (κ1) is 18.7. The number of hydrogen-bond acceptors (Lipinski definition) is 5. The van der Waals surface area contributed by atoms with Crippen LogP contribution in [0.25, 0.3) is 10.2 Å². The minimum atomic E-state index is -0.163. The Hall–Kier alpha value is -2.64. The van der Waals surface area contributed by atoms with E-state index < -0.39 is 0 Å². The molecule has 28 heavy (non-hydrogen) atoms. The van der Waals surface area contributed by atoms with Crippen LogP contribution in [0.3, 0.4) is 0 Å². The summed E-state index contributed by atoms with van der Waals surface area (Å²) >= 11 is 1.20. The van der Waals surface area contributed by atoms with E-state index in [0.29, 0.717) is 11.3 Å². The van der Waals surface area contributed by atoms with Crippen LogP contribution in [-0.4, -0.2) is 36.8 Å². The molecule has 0 bridgehead atoms. The minimum absolute atomic E-state index is 0.0205. The van der Waals surface area contributed by atoms with Crippen molar-refractivity contribution in [1.82, 2.24) is 4.57 Å². The van der Waals surface area contributed by atoms with Crippen molar-refractivity contribution >= 4 is 38.8 Å². The van der Waals surface area contributed by atoms with E-state index in [-0.39, 0.29) is 16.8 Å². The van der Waals surface area contributed by atoms with Gasteiger partial charge in [0.25, 0.3) is 5.91 Å². The Morgan fingerprint density at radius 2 is 1.82 bits per heavy atom. The highest BCUT2D eigenvalue weighted by Gasteiger charge is 2.14. The number of fused-ring (bicyclic) bond motifs is 1. The van der Waals surface area contributed by atoms with E-state index >= 15 is 0 Å². The number of benzene rings is 2. The molecule has 7 heteroatoms. The van der Waals surface area contributed by atoms with Gasteiger partial charge in [0.2, 0.25) is 0 Å². The normalized spacial score (nSPS) is 14.6. The maximum atomic E-state index is 12.6. The fraction of sp³-hybridized carbons (Fsp3) is 0.333. The second kappa shape index (κ2) is 7.77. The molecule has 0 atom stereocenters. The topological polar surface area (TPSA) is 63.6 Å². The smallest absolute Gasteiger partial charge is 0.308 e. The molecule has 1 aliphatic heterocycles. The maximum Gasteiger partial charge on any atom is 0.308 e. The number of hydrogen-bond donors (Lipinski definition) is 1. The number of anilines is 2. The Bertz CT molecular complexity index is 1050. The van der Waals surface area contributed by atoms with Crippen molar-refractivity contribution < 1.29 is 9.53 Å². The molecule has 1 N–H and O–H groups in total. The molecule has 1 amide bonds. The fourth-order valence-electron chi connectivity index (χ4n) is 3.45. The number of carbonyl (C=O) groups is 1. The molecular weight excluding hydrogens is 374 g/mol. The van der Waals surface area contributed by atoms with Gasteiger partial charge in [0.1, 0.15) is 0 Å². The Morgan fingerprint density at radius 3 is 2.50 bits per heavy atom. The largest absolute Gasteiger partial charge is 0.378 e. The van der Waals surface area contributed by atoms with Crippen molar-refractivity contribution in [2.75, 3.05) is 36.5 Å². The van der Waals surface area contributed by atoms with E-state index in [1.807, 2.05) is 56.3 Å². The molecule has 1 saturated heterocycles. The van der Waals surface area contributed by atoms with Crippen LogP contribution in [0.15, 0.2) is 47.3 Å². The first-order chi connectivity index (χ1) is 13.5. The number of nitrogens with one attached hydrogen (secondary N) is 1. The second-order valence-electron chi connectivity index (χ2n) is 7.11. The van der Waals surface area contributed by atoms with Crippen LogP contribution >= 0.6 is 11.3 Å². The molecule has 2 heterocycles. The van der Waals surface area contributed by atoms with Crippen molar-refractivity contribution in [2.45, 2.75) is 19.9 Å². The summed E-state index contributed by atoms with van der Waals surface area (Å²) in [6.45, 7) is 7.17. The van der Waals surface area contributed by atoms with E-state index in [4.69, 9.17) is 4.74 Å². The van der Waals surface area contributed by atoms with Gasteiger partial charge in [0.05, 0.1) is 23.4 Å². The average Bonchev–Trinajstić information content (AvgIpc) is 3.04. The Labute approximate surface area is 167 Å². The first-order valence-corrected chi connectivity index (χ1v) is 10.2. The van der Waals surface area contributed by atoms with Gasteiger partial charge >= 0.3 is 4.87 Å². The zero-order chi connectivity index (χ0) is 19.7. The van der Waals surface area contributed by atoms with Crippen molar-refractivity contribution in [3.8, 4) is 0 Å². The average molecular weight is 398 g/mol. The number of amides is 1. The van der Waals surface area contributed by atoms with Gasteiger partial charge in [-0.2, -0.15) is 0 Å². The van der Waals surface area contributed by atoms with Gasteiger partial charge in [0.15, 0.2) is 0 Å². The monoisotopic (exact) mass is 397 g/mol. The van der Waals surface area contributed by atoms with Gasteiger partial charge in [-0.3, -0.25) is 14.2 Å². The molecule has 0 radical (unpaired) electrons. The lowest BCUT2D eigenvalue weighted by Gasteiger charge is -2.28. The van der Waals surface area contributed by atoms with Crippen molar-refractivity contribution in [1.29, 1.82) is 0 Å². The Kier molecular flexibility index (Phi) is 5.19. The number of rotatable bonds is 4. The second-order valence-corrected chi connectivity index (χ2v) is 8.11. The van der Waals surface area contributed by atoms with E-state index in [2.05, 4.69) is 10.2 Å². The van der Waals surface area contributed by atoms with Crippen molar-refractivity contribution in [2.24, 2.45) is 0 Å². The minimum Gasteiger partial charge on any atom is -0.378 e. The number of carbonyl (C=O) groups excluding carboxylic acids is 1. The van der Waals surface area contributed by atoms with E-state index in [9.17, 15) is 9.59 Å². The summed E-state index contributed by atoms with van der Waals surface area (Å²) in [5, 5.41) is 2.93. The zero-order valence-electron chi connectivity index (χ0n) is 16.0. The molecule has 3 aromatic rings. The zero-order valence-corrected chi connectivity index (χ0v) is 16.8. The first-order valence-electron chi connectivity index (χ1n) is 9.42. The molecule has 0 spiro atoms. The summed E-state index contributed by atoms with van der Waals surface area (Å²) < 4.78 is 8.02. The van der Waals surface area contributed by atoms with E-state index in [0.717, 1.165) is 42.2 Å². The van der Waals surface area contributed by atoms with Crippen LogP contribution in [0, 0.1) is 0 Å². The standard InChI is InChI=1S/C21H23N3O3S/c1-14(2)24-18-8-5-16(13-19(18)28-21(24)26)22-20(25)15-3-6-17(7-4-15)23-9-11-27-12-10-23/h3-8,13-14H,9-12H2,1-2H3,(H,22,25). The van der Waals surface area contributed by atoms with E-state index in [1.165, 1.54) is 11.3 Å². The third kappa shape index (κ3) is 3.68. The number of nitrogens with zero attached hydrogens (tertiary/aromatic N) is 2. The van der Waals surface area contributed by atoms with Crippen LogP contribution in [-0.2, 0) is 4.74 Å². The van der Waals surface area contributed by atoms with Crippen LogP contribution in [0.4, 0.5) is 11.4 Å². The van der Waals surface area contributed by atoms with E-state index in [1.54, 1.807) is 4.57 Å². The molecule has 0 aliphatic carbocycles. The van der Waals surface area contributed by atoms with Gasteiger partial charge in [-0.05, 0) is 56.3 Å². The Morgan fingerprint density at radius 1 is 1.11 bits per heavy atom. The summed E-state index contributed by atoms with van der Waals surface area (Å²) in [5.41, 5.74) is 3.29. The SMILES string of the molecule is CC(C)n1c(=O)sc2cc(NC(=O)c3ccc(N4CCOCC4)cc3)ccc21. The van der Waals surface area contributed by atoms with Gasteiger partial charge in [-0.25, -0.2) is 0 Å². The highest BCUT2D eigenvalue weighted by atomic mass is 32.1. The van der Waals surface area contributed by atoms with Crippen molar-refractivity contribution in [3.63, 3.8) is 0 Å². The molecule has 0 saturated carbocycles. The Balaban J connectivity index is 1.50. The van der Waals surface area contributed by atoms with Crippen LogP contribution < -0.4 is 15.1 Å². The molecule has 2 aromatic carbocycles. The van der Waals surface area contributed by atoms with Gasteiger partial charge in [-0.1, -0.05) is 11.3 Å². The fourth-order valence-corrected chi connectivity index (χ4v) is 4.50. The highest BCUT2D eigenvalue weighted by Crippen LogP contribution is 2.25. The molecule has 6 nitrogen and oxygen atoms in total. The predicted molar refractivity (Wildman–Crippen MR) is 114 cm³/mol. The molecule has 1 aliphatic rings. The van der Waals surface area contributed by atoms with Crippen LogP contribution in [0.5, 0.6) is 0 Å². The summed E-state index contributed by atoms with van der Waals surface area (Å²) in [6, 6.07) is 13.3. The number of ether oxygens (including phenoxy) is 1. The predicted octanol–water partition coefficient (Wildman–Crippen LogP) is 3.73. The number of morpholine rings is 1. The lowest BCUT2D eigenvalue weighted by Crippen LogP contribution is -2.36. The summed E-state index contributed by atoms with van der Waals surface area (Å²) in [5.74, 6) is -0.163. The molecule has 146 valence electrons. The van der Waals surface area contributed by atoms with Crippen molar-refractivity contribution in [3.05, 3.63) is 57.7 Å². The van der Waals surface area contributed by atoms with Gasteiger partial charge in [0, 0.05) is 36.1 Å². The van der Waals surface area contributed by atoms with Gasteiger partial charge in [-0.15, -0.1) is 0 Å². The molecule has 0 unspecified atom stereocenters. The highest BCUT2D eigenvalue weighted by molar-refractivity contribution is 7.16. The number of aromatic nitrogens is 1. The lowest BCUT2D eigenvalue weighted by molar-refractivity contribution is 0.102. The molecule has 1 aromatic heterocycles. The lowest BCUT2D eigenvalue weighted by atomic mass is 10.1. The van der Waals surface area contributed by atoms with Crippen LogP contribution in [0.1, 0.15) is 30.2 Å². The third-order valence-corrected chi connectivity index (χ3v) is 5.81. The van der Waals surface area contributed by atoms with Gasteiger partial charge < -0.3 is 15.0 Å². The molecular formula is C21H23N3O3S. The summed E-state index contributed by atoms with van der Waals surface area (Å²) in [4.78, 5) is 27.1. The summed E-state index contributed by atoms with van der Waals surface area (Å²) in [6.07, 6.45) is 0. The quantitative estimate of drug-likeness (QED) is 0.729. The third-order valence-electron chi connectivity index (χ3n) is 4.89. The number of thiazole rings is 1.